The summed E-state index contributed by atoms with van der Waals surface area (Å²) in [5.74, 6) is 0.403. The maximum Gasteiger partial charge on any atom is 0.258 e. The number of unbranched alkanes of at least 4 members (excludes halogenated alkanes) is 1. The molecule has 1 heterocycles. The third kappa shape index (κ3) is 5.37. The van der Waals surface area contributed by atoms with E-state index < -0.39 is 0 Å². The minimum absolute atomic E-state index is 0.0319. The SMILES string of the molecule is CC1CN(C(=O)c2ccccc2)c2ccccc2N(CCCCOc2ccc(Cl)cc2)C1=O. The Hall–Kier alpha value is -3.31. The Balaban J connectivity index is 1.47. The minimum atomic E-state index is -0.310. The number of benzene rings is 3. The van der Waals surface area contributed by atoms with Gasteiger partial charge in [-0.05, 0) is 61.4 Å². The Morgan fingerprint density at radius 1 is 0.939 bits per heavy atom. The van der Waals surface area contributed by atoms with E-state index in [1.807, 2.05) is 66.4 Å². The van der Waals surface area contributed by atoms with E-state index in [-0.39, 0.29) is 17.7 Å². The van der Waals surface area contributed by atoms with Gasteiger partial charge in [0.15, 0.2) is 0 Å². The second kappa shape index (κ2) is 10.5. The Morgan fingerprint density at radius 2 is 1.61 bits per heavy atom. The van der Waals surface area contributed by atoms with Gasteiger partial charge < -0.3 is 14.5 Å². The topological polar surface area (TPSA) is 49.9 Å². The average molecular weight is 463 g/mol. The summed E-state index contributed by atoms with van der Waals surface area (Å²) in [5.41, 5.74) is 2.15. The minimum Gasteiger partial charge on any atom is -0.494 e. The quantitative estimate of drug-likeness (QED) is 0.415. The highest BCUT2D eigenvalue weighted by Gasteiger charge is 2.33. The molecule has 0 bridgehead atoms. The number of nitrogens with zero attached hydrogens (tertiary/aromatic N) is 2. The highest BCUT2D eigenvalue weighted by atomic mass is 35.5. The van der Waals surface area contributed by atoms with Gasteiger partial charge in [0.1, 0.15) is 5.75 Å². The number of anilines is 2. The van der Waals surface area contributed by atoms with E-state index in [0.717, 1.165) is 30.0 Å². The fraction of sp³-hybridized carbons (Fsp3) is 0.259. The molecule has 1 unspecified atom stereocenters. The highest BCUT2D eigenvalue weighted by Crippen LogP contribution is 2.35. The Morgan fingerprint density at radius 3 is 2.33 bits per heavy atom. The summed E-state index contributed by atoms with van der Waals surface area (Å²) in [6.07, 6.45) is 1.59. The summed E-state index contributed by atoms with van der Waals surface area (Å²) in [7, 11) is 0. The summed E-state index contributed by atoms with van der Waals surface area (Å²) < 4.78 is 5.78. The van der Waals surface area contributed by atoms with Gasteiger partial charge in [-0.1, -0.05) is 48.9 Å². The normalized spacial score (nSPS) is 15.7. The summed E-state index contributed by atoms with van der Waals surface area (Å²) in [5, 5.41) is 0.676. The third-order valence-corrected chi connectivity index (χ3v) is 5.98. The van der Waals surface area contributed by atoms with Crippen LogP contribution in [0.3, 0.4) is 0 Å². The zero-order chi connectivity index (χ0) is 23.2. The van der Waals surface area contributed by atoms with Crippen molar-refractivity contribution in [1.29, 1.82) is 0 Å². The molecule has 0 fully saturated rings. The number of rotatable bonds is 7. The van der Waals surface area contributed by atoms with Crippen molar-refractivity contribution in [2.24, 2.45) is 5.92 Å². The van der Waals surface area contributed by atoms with Crippen LogP contribution in [-0.4, -0.2) is 31.5 Å². The second-order valence-corrected chi connectivity index (χ2v) is 8.61. The Labute approximate surface area is 199 Å². The van der Waals surface area contributed by atoms with E-state index in [1.54, 1.807) is 29.2 Å². The van der Waals surface area contributed by atoms with Gasteiger partial charge in [-0.3, -0.25) is 9.59 Å². The average Bonchev–Trinajstić information content (AvgIpc) is 2.95. The second-order valence-electron chi connectivity index (χ2n) is 8.17. The molecular weight excluding hydrogens is 436 g/mol. The van der Waals surface area contributed by atoms with Gasteiger partial charge in [-0.25, -0.2) is 0 Å². The first-order chi connectivity index (χ1) is 16.0. The van der Waals surface area contributed by atoms with Crippen LogP contribution in [0.1, 0.15) is 30.1 Å². The molecule has 0 saturated heterocycles. The fourth-order valence-electron chi connectivity index (χ4n) is 4.01. The van der Waals surface area contributed by atoms with Gasteiger partial charge in [0.25, 0.3) is 5.91 Å². The summed E-state index contributed by atoms with van der Waals surface area (Å²) in [6.45, 7) is 3.35. The van der Waals surface area contributed by atoms with Gasteiger partial charge in [-0.15, -0.1) is 0 Å². The van der Waals surface area contributed by atoms with E-state index in [1.165, 1.54) is 0 Å². The summed E-state index contributed by atoms with van der Waals surface area (Å²) in [4.78, 5) is 30.1. The molecule has 4 rings (SSSR count). The predicted octanol–water partition coefficient (Wildman–Crippen LogP) is 5.83. The molecule has 2 amide bonds. The maximum atomic E-state index is 13.3. The first kappa shape index (κ1) is 22.9. The van der Waals surface area contributed by atoms with Gasteiger partial charge in [0.05, 0.1) is 23.9 Å². The van der Waals surface area contributed by atoms with Crippen molar-refractivity contribution in [2.75, 3.05) is 29.5 Å². The number of halogens is 1. The van der Waals surface area contributed by atoms with Crippen LogP contribution in [0.2, 0.25) is 5.02 Å². The van der Waals surface area contributed by atoms with Crippen LogP contribution in [0.25, 0.3) is 0 Å². The number of hydrogen-bond donors (Lipinski definition) is 0. The monoisotopic (exact) mass is 462 g/mol. The van der Waals surface area contributed by atoms with Crippen LogP contribution in [0.4, 0.5) is 11.4 Å². The molecule has 5 nitrogen and oxygen atoms in total. The lowest BCUT2D eigenvalue weighted by Crippen LogP contribution is -2.38. The van der Waals surface area contributed by atoms with Crippen molar-refractivity contribution >= 4 is 34.8 Å². The summed E-state index contributed by atoms with van der Waals surface area (Å²) >= 11 is 5.91. The predicted molar refractivity (Wildman–Crippen MR) is 132 cm³/mol. The zero-order valence-electron chi connectivity index (χ0n) is 18.6. The number of para-hydroxylation sites is 2. The van der Waals surface area contributed by atoms with Crippen molar-refractivity contribution < 1.29 is 14.3 Å². The van der Waals surface area contributed by atoms with Crippen LogP contribution in [0.15, 0.2) is 78.9 Å². The third-order valence-electron chi connectivity index (χ3n) is 5.73. The van der Waals surface area contributed by atoms with E-state index in [9.17, 15) is 9.59 Å². The zero-order valence-corrected chi connectivity index (χ0v) is 19.4. The van der Waals surface area contributed by atoms with Gasteiger partial charge in [0.2, 0.25) is 5.91 Å². The van der Waals surface area contributed by atoms with Crippen LogP contribution < -0.4 is 14.5 Å². The van der Waals surface area contributed by atoms with E-state index in [2.05, 4.69) is 0 Å². The smallest absolute Gasteiger partial charge is 0.258 e. The fourth-order valence-corrected chi connectivity index (χ4v) is 4.13. The van der Waals surface area contributed by atoms with Crippen LogP contribution in [0.5, 0.6) is 5.75 Å². The largest absolute Gasteiger partial charge is 0.494 e. The molecule has 0 spiro atoms. The number of ether oxygens (including phenoxy) is 1. The number of carbonyl (C=O) groups is 2. The van der Waals surface area contributed by atoms with Gasteiger partial charge >= 0.3 is 0 Å². The molecule has 1 atom stereocenters. The van der Waals surface area contributed by atoms with Gasteiger partial charge in [-0.2, -0.15) is 0 Å². The molecule has 0 aliphatic carbocycles. The lowest BCUT2D eigenvalue weighted by atomic mass is 10.1. The molecule has 3 aromatic rings. The lowest BCUT2D eigenvalue weighted by molar-refractivity contribution is -0.121. The molecular formula is C27H27ClN2O3. The van der Waals surface area contributed by atoms with Crippen LogP contribution in [-0.2, 0) is 4.79 Å². The van der Waals surface area contributed by atoms with Gasteiger partial charge in [0, 0.05) is 23.7 Å². The maximum absolute atomic E-state index is 13.3. The molecule has 0 saturated carbocycles. The van der Waals surface area contributed by atoms with Crippen molar-refractivity contribution in [2.45, 2.75) is 19.8 Å². The highest BCUT2D eigenvalue weighted by molar-refractivity contribution is 6.30. The molecule has 170 valence electrons. The number of carbonyl (C=O) groups excluding carboxylic acids is 2. The van der Waals surface area contributed by atoms with Crippen molar-refractivity contribution in [3.8, 4) is 5.75 Å². The molecule has 0 N–H and O–H groups in total. The molecule has 0 aromatic heterocycles. The van der Waals surface area contributed by atoms with E-state index >= 15 is 0 Å². The van der Waals surface area contributed by atoms with Crippen molar-refractivity contribution in [3.63, 3.8) is 0 Å². The Bertz CT molecular complexity index is 1100. The number of amides is 2. The van der Waals surface area contributed by atoms with Crippen molar-refractivity contribution in [1.82, 2.24) is 0 Å². The first-order valence-corrected chi connectivity index (χ1v) is 11.6. The molecule has 1 aliphatic rings. The van der Waals surface area contributed by atoms with E-state index in [0.29, 0.717) is 30.3 Å². The molecule has 3 aromatic carbocycles. The molecule has 0 radical (unpaired) electrons. The number of fused-ring (bicyclic) bond motifs is 1. The lowest BCUT2D eigenvalue weighted by Gasteiger charge is -2.25. The molecule has 33 heavy (non-hydrogen) atoms. The summed E-state index contributed by atoms with van der Waals surface area (Å²) in [6, 6.07) is 24.1. The van der Waals surface area contributed by atoms with Crippen LogP contribution in [0, 0.1) is 5.92 Å². The first-order valence-electron chi connectivity index (χ1n) is 11.2. The number of hydrogen-bond acceptors (Lipinski definition) is 3. The van der Waals surface area contributed by atoms with E-state index in [4.69, 9.17) is 16.3 Å². The molecule has 1 aliphatic heterocycles. The Kier molecular flexibility index (Phi) is 7.30. The molecule has 6 heteroatoms. The van der Waals surface area contributed by atoms with Crippen LogP contribution >= 0.6 is 11.6 Å². The standard InChI is InChI=1S/C27H27ClN2O3/c1-20-19-30(27(32)21-9-3-2-4-10-21)25-12-6-5-11-24(25)29(26(20)31)17-7-8-18-33-23-15-13-22(28)14-16-23/h2-6,9-16,20H,7-8,17-19H2,1H3. The van der Waals surface area contributed by atoms with Crippen molar-refractivity contribution in [3.05, 3.63) is 89.4 Å².